The second kappa shape index (κ2) is 19.2. The van der Waals surface area contributed by atoms with E-state index in [2.05, 4.69) is 20.7 Å². The maximum absolute atomic E-state index is 13.6. The van der Waals surface area contributed by atoms with Crippen molar-refractivity contribution in [3.63, 3.8) is 0 Å². The van der Waals surface area contributed by atoms with Crippen LogP contribution < -0.4 is 20.7 Å². The van der Waals surface area contributed by atoms with Crippen molar-refractivity contribution in [2.45, 2.75) is 44.2 Å². The molecule has 0 radical (unpaired) electrons. The van der Waals surface area contributed by atoms with Gasteiger partial charge in [-0.25, -0.2) is 14.4 Å². The van der Waals surface area contributed by atoms with Gasteiger partial charge < -0.3 is 34.9 Å². The first-order valence-electron chi connectivity index (χ1n) is 15.1. The molecule has 0 aliphatic heterocycles. The molecule has 0 spiro atoms. The minimum Gasteiger partial charge on any atom is -0.481 e. The predicted molar refractivity (Wildman–Crippen MR) is 173 cm³/mol. The number of amides is 3. The monoisotopic (exact) mass is 647 g/mol. The van der Waals surface area contributed by atoms with Gasteiger partial charge in [-0.3, -0.25) is 9.59 Å². The second-order valence-electron chi connectivity index (χ2n) is 10.6. The summed E-state index contributed by atoms with van der Waals surface area (Å²) in [5, 5.41) is 8.22. The minimum absolute atomic E-state index is 0.0147. The van der Waals surface area contributed by atoms with Gasteiger partial charge in [0.1, 0.15) is 23.4 Å². The average molecular weight is 648 g/mol. The van der Waals surface area contributed by atoms with E-state index < -0.39 is 48.5 Å². The van der Waals surface area contributed by atoms with Crippen LogP contribution in [-0.4, -0.2) is 76.4 Å². The highest BCUT2D eigenvalue weighted by atomic mass is 16.6. The fourth-order valence-corrected chi connectivity index (χ4v) is 4.71. The highest BCUT2D eigenvalue weighted by molar-refractivity contribution is 5.93. The van der Waals surface area contributed by atoms with Crippen LogP contribution in [0.1, 0.15) is 39.9 Å². The summed E-state index contributed by atoms with van der Waals surface area (Å²) in [6, 6.07) is 21.5. The Labute approximate surface area is 274 Å². The van der Waals surface area contributed by atoms with Crippen molar-refractivity contribution in [2.75, 3.05) is 34.5 Å². The van der Waals surface area contributed by atoms with Crippen LogP contribution in [0, 0.1) is 0 Å². The molecule has 0 aliphatic rings. The third kappa shape index (κ3) is 12.1. The fraction of sp³-hybridized carbons (Fsp3) is 0.343. The van der Waals surface area contributed by atoms with Gasteiger partial charge in [0.2, 0.25) is 11.8 Å². The van der Waals surface area contributed by atoms with E-state index in [1.165, 1.54) is 39.0 Å². The predicted octanol–water partition coefficient (Wildman–Crippen LogP) is 3.16. The van der Waals surface area contributed by atoms with Gasteiger partial charge in [-0.15, -0.1) is 0 Å². The smallest absolute Gasteiger partial charge is 0.407 e. The molecule has 0 saturated carbocycles. The second-order valence-corrected chi connectivity index (χ2v) is 10.6. The lowest BCUT2D eigenvalue weighted by atomic mass is 10.0. The number of ether oxygens (including phenoxy) is 4. The maximum atomic E-state index is 13.6. The molecule has 3 N–H and O–H groups in total. The van der Waals surface area contributed by atoms with Gasteiger partial charge in [0.25, 0.3) is 0 Å². The van der Waals surface area contributed by atoms with Gasteiger partial charge in [0.05, 0.1) is 21.3 Å². The lowest BCUT2D eigenvalue weighted by Gasteiger charge is -2.23. The molecule has 0 fully saturated rings. The number of esters is 2. The summed E-state index contributed by atoms with van der Waals surface area (Å²) < 4.78 is 19.7. The summed E-state index contributed by atoms with van der Waals surface area (Å²) in [5.74, 6) is -2.33. The molecule has 3 aromatic rings. The molecule has 1 unspecified atom stereocenters. The lowest BCUT2D eigenvalue weighted by molar-refractivity contribution is -0.143. The summed E-state index contributed by atoms with van der Waals surface area (Å²) >= 11 is 0. The third-order valence-electron chi connectivity index (χ3n) is 7.21. The number of hydrogen-bond donors (Lipinski definition) is 3. The van der Waals surface area contributed by atoms with Crippen LogP contribution >= 0.6 is 0 Å². The van der Waals surface area contributed by atoms with Crippen molar-refractivity contribution < 1.29 is 42.9 Å². The Morgan fingerprint density at radius 3 is 1.94 bits per heavy atom. The third-order valence-corrected chi connectivity index (χ3v) is 7.21. The topological polar surface area (TPSA) is 158 Å². The zero-order valence-corrected chi connectivity index (χ0v) is 26.8. The number of alkyl carbamates (subject to hydrolysis) is 1. The van der Waals surface area contributed by atoms with Crippen LogP contribution in [0.2, 0.25) is 0 Å². The molecule has 2 atom stereocenters. The quantitative estimate of drug-likeness (QED) is 0.114. The first kappa shape index (κ1) is 36.1. The van der Waals surface area contributed by atoms with E-state index in [0.29, 0.717) is 18.5 Å². The zero-order valence-electron chi connectivity index (χ0n) is 26.8. The zero-order chi connectivity index (χ0) is 34.0. The Morgan fingerprint density at radius 1 is 0.660 bits per heavy atom. The maximum Gasteiger partial charge on any atom is 0.407 e. The van der Waals surface area contributed by atoms with Crippen molar-refractivity contribution in [2.24, 2.45) is 0 Å². The highest BCUT2D eigenvalue weighted by Gasteiger charge is 2.28. The molecule has 250 valence electrons. The molecule has 0 aromatic heterocycles. The van der Waals surface area contributed by atoms with Crippen molar-refractivity contribution in [1.29, 1.82) is 0 Å². The van der Waals surface area contributed by atoms with E-state index in [-0.39, 0.29) is 24.2 Å². The Balaban J connectivity index is 1.80. The van der Waals surface area contributed by atoms with Crippen LogP contribution in [0.4, 0.5) is 4.79 Å². The molecule has 3 amide bonds. The first-order valence-corrected chi connectivity index (χ1v) is 15.1. The van der Waals surface area contributed by atoms with E-state index in [1.807, 2.05) is 60.7 Å². The van der Waals surface area contributed by atoms with Crippen molar-refractivity contribution >= 4 is 29.8 Å². The van der Waals surface area contributed by atoms with Crippen molar-refractivity contribution in [3.8, 4) is 5.75 Å². The van der Waals surface area contributed by atoms with Crippen LogP contribution in [0.5, 0.6) is 5.75 Å². The Bertz CT molecular complexity index is 1480. The summed E-state index contributed by atoms with van der Waals surface area (Å²) in [7, 11) is 3.61. The molecule has 12 nitrogen and oxygen atoms in total. The Hall–Kier alpha value is -5.39. The van der Waals surface area contributed by atoms with E-state index in [1.54, 1.807) is 6.07 Å². The number of nitrogens with one attached hydrogen (secondary N) is 3. The molecule has 12 heteroatoms. The number of carbonyl (C=O) groups is 5. The molecule has 3 aromatic carbocycles. The number of methoxy groups -OCH3 is 3. The highest BCUT2D eigenvalue weighted by Crippen LogP contribution is 2.22. The van der Waals surface area contributed by atoms with E-state index in [4.69, 9.17) is 14.2 Å². The van der Waals surface area contributed by atoms with Crippen LogP contribution in [-0.2, 0) is 47.9 Å². The van der Waals surface area contributed by atoms with Crippen LogP contribution in [0.3, 0.4) is 0 Å². The Morgan fingerprint density at radius 2 is 1.30 bits per heavy atom. The molecule has 0 heterocycles. The summed E-state index contributed by atoms with van der Waals surface area (Å²) in [6.45, 7) is -0.0548. The number of hydrogen-bond acceptors (Lipinski definition) is 9. The summed E-state index contributed by atoms with van der Waals surface area (Å²) in [4.78, 5) is 63.4. The molecular formula is C35H41N3O9. The standard InChI is InChI=1S/C35H41N3O9/c1-44-31(39)23-47-30-18-17-26(20-27(30)34(42)45-2)22-28(32(40)36-19-11-10-14-24-12-6-4-7-13-24)37-33(41)29(38-35(43)46-3)21-25-15-8-5-9-16-25/h4-9,12-13,15-18,20,28-29H,10-11,14,19,21-23H2,1-3H3,(H,36,40)(H,37,41)(H,38,43)/t28-,29?/m0/s1. The molecule has 0 aliphatic carbocycles. The molecule has 47 heavy (non-hydrogen) atoms. The van der Waals surface area contributed by atoms with E-state index >= 15 is 0 Å². The Kier molecular flexibility index (Phi) is 14.7. The van der Waals surface area contributed by atoms with Gasteiger partial charge in [-0.2, -0.15) is 0 Å². The molecular weight excluding hydrogens is 606 g/mol. The van der Waals surface area contributed by atoms with E-state index in [0.717, 1.165) is 18.4 Å². The molecule has 0 saturated heterocycles. The van der Waals surface area contributed by atoms with Crippen LogP contribution in [0.15, 0.2) is 78.9 Å². The minimum atomic E-state index is -1.08. The fourth-order valence-electron chi connectivity index (χ4n) is 4.71. The molecule has 3 rings (SSSR count). The van der Waals surface area contributed by atoms with Gasteiger partial charge >= 0.3 is 18.0 Å². The summed E-state index contributed by atoms with van der Waals surface area (Å²) in [5.41, 5.74) is 2.51. The molecule has 0 bridgehead atoms. The number of benzene rings is 3. The van der Waals surface area contributed by atoms with Crippen molar-refractivity contribution in [3.05, 3.63) is 101 Å². The first-order chi connectivity index (χ1) is 22.7. The average Bonchev–Trinajstić information content (AvgIpc) is 3.10. The number of unbranched alkanes of at least 4 members (excludes halogenated alkanes) is 1. The normalized spacial score (nSPS) is 11.7. The van der Waals surface area contributed by atoms with Crippen LogP contribution in [0.25, 0.3) is 0 Å². The lowest BCUT2D eigenvalue weighted by Crippen LogP contribution is -2.55. The number of rotatable bonds is 17. The number of aryl methyl sites for hydroxylation is 1. The van der Waals surface area contributed by atoms with Gasteiger partial charge in [0.15, 0.2) is 6.61 Å². The van der Waals surface area contributed by atoms with Crippen molar-refractivity contribution in [1.82, 2.24) is 16.0 Å². The van der Waals surface area contributed by atoms with Gasteiger partial charge in [-0.05, 0) is 48.1 Å². The van der Waals surface area contributed by atoms with E-state index in [9.17, 15) is 24.0 Å². The van der Waals surface area contributed by atoms with Gasteiger partial charge in [0, 0.05) is 19.4 Å². The SMILES string of the molecule is COC(=O)COc1ccc(C[C@H](NC(=O)C(Cc2ccccc2)NC(=O)OC)C(=O)NCCCCc2ccccc2)cc1C(=O)OC. The summed E-state index contributed by atoms with van der Waals surface area (Å²) in [6.07, 6.45) is 1.75. The number of carbonyl (C=O) groups excluding carboxylic acids is 5. The largest absolute Gasteiger partial charge is 0.481 e. The van der Waals surface area contributed by atoms with Gasteiger partial charge in [-0.1, -0.05) is 66.7 Å².